The highest BCUT2D eigenvalue weighted by Gasteiger charge is 2.21. The molecule has 0 atom stereocenters. The van der Waals surface area contributed by atoms with Gasteiger partial charge in [-0.05, 0) is 37.4 Å². The van der Waals surface area contributed by atoms with Crippen molar-refractivity contribution in [3.8, 4) is 0 Å². The van der Waals surface area contributed by atoms with Gasteiger partial charge >= 0.3 is 0 Å². The molecule has 0 bridgehead atoms. The number of aromatic nitrogens is 4. The number of carbonyl (C=O) groups is 1. The number of carbonyl (C=O) groups excluding carboxylic acids is 1. The number of fused-ring (bicyclic) bond motifs is 1. The number of nitrogens with zero attached hydrogens (tertiary/aromatic N) is 7. The number of hydrogen-bond donors (Lipinski definition) is 0. The first-order chi connectivity index (χ1) is 13.6. The minimum absolute atomic E-state index is 0.202. The van der Waals surface area contributed by atoms with E-state index in [0.29, 0.717) is 12.8 Å². The molecule has 2 aliphatic rings. The maximum atomic E-state index is 12.6. The summed E-state index contributed by atoms with van der Waals surface area (Å²) in [4.78, 5) is 19.3. The predicted molar refractivity (Wildman–Crippen MR) is 108 cm³/mol. The predicted octanol–water partition coefficient (Wildman–Crippen LogP) is 1.46. The highest BCUT2D eigenvalue weighted by Crippen LogP contribution is 2.21. The average Bonchev–Trinajstić information content (AvgIpc) is 3.15. The zero-order chi connectivity index (χ0) is 19.5. The molecule has 8 heteroatoms. The Labute approximate surface area is 166 Å². The van der Waals surface area contributed by atoms with Crippen molar-refractivity contribution in [2.75, 3.05) is 50.7 Å². The van der Waals surface area contributed by atoms with Crippen molar-refractivity contribution >= 4 is 17.4 Å². The molecule has 8 nitrogen and oxygen atoms in total. The van der Waals surface area contributed by atoms with E-state index in [1.807, 2.05) is 21.5 Å². The smallest absolute Gasteiger partial charge is 0.223 e. The highest BCUT2D eigenvalue weighted by molar-refractivity contribution is 5.76. The van der Waals surface area contributed by atoms with Crippen molar-refractivity contribution in [3.63, 3.8) is 0 Å². The Bertz CT molecular complexity index is 804. The van der Waals surface area contributed by atoms with Crippen molar-refractivity contribution < 1.29 is 4.79 Å². The van der Waals surface area contributed by atoms with Gasteiger partial charge in [0.15, 0.2) is 11.5 Å². The van der Waals surface area contributed by atoms with E-state index < -0.39 is 0 Å². The molecule has 2 fully saturated rings. The Kier molecular flexibility index (Phi) is 5.75. The third-order valence-corrected chi connectivity index (χ3v) is 6.16. The third-order valence-electron chi connectivity index (χ3n) is 6.16. The van der Waals surface area contributed by atoms with Crippen LogP contribution >= 0.6 is 0 Å². The molecule has 2 aromatic heterocycles. The van der Waals surface area contributed by atoms with Crippen molar-refractivity contribution in [2.45, 2.75) is 39.5 Å². The largest absolute Gasteiger partial charge is 0.355 e. The zero-order valence-electron chi connectivity index (χ0n) is 17.0. The second kappa shape index (κ2) is 8.43. The maximum absolute atomic E-state index is 12.6. The number of aryl methyl sites for hydroxylation is 1. The minimum atomic E-state index is 0.202. The summed E-state index contributed by atoms with van der Waals surface area (Å²) in [6.45, 7) is 11.2. The first-order valence-corrected chi connectivity index (χ1v) is 10.6. The third kappa shape index (κ3) is 4.11. The molecule has 0 saturated carbocycles. The lowest BCUT2D eigenvalue weighted by Gasteiger charge is -2.34. The van der Waals surface area contributed by atoms with E-state index in [4.69, 9.17) is 5.10 Å². The molecule has 28 heavy (non-hydrogen) atoms. The normalized spacial score (nSPS) is 19.5. The van der Waals surface area contributed by atoms with E-state index in [2.05, 4.69) is 33.8 Å². The number of hydrogen-bond acceptors (Lipinski definition) is 6. The van der Waals surface area contributed by atoms with Crippen molar-refractivity contribution in [2.24, 2.45) is 5.92 Å². The van der Waals surface area contributed by atoms with Gasteiger partial charge < -0.3 is 14.7 Å². The average molecular weight is 386 g/mol. The molecular weight excluding hydrogens is 354 g/mol. The number of piperazine rings is 1. The van der Waals surface area contributed by atoms with Crippen molar-refractivity contribution in [3.05, 3.63) is 18.0 Å². The summed E-state index contributed by atoms with van der Waals surface area (Å²) in [6.07, 6.45) is 3.44. The molecule has 152 valence electrons. The van der Waals surface area contributed by atoms with Gasteiger partial charge in [-0.25, -0.2) is 0 Å². The number of amides is 1. The van der Waals surface area contributed by atoms with Gasteiger partial charge in [-0.2, -0.15) is 4.52 Å². The van der Waals surface area contributed by atoms with Gasteiger partial charge in [-0.15, -0.1) is 15.3 Å². The topological polar surface area (TPSA) is 69.9 Å². The van der Waals surface area contributed by atoms with Crippen molar-refractivity contribution in [1.29, 1.82) is 0 Å². The van der Waals surface area contributed by atoms with Crippen LogP contribution in [-0.4, -0.2) is 81.3 Å². The second-order valence-electron chi connectivity index (χ2n) is 8.06. The summed E-state index contributed by atoms with van der Waals surface area (Å²) in [5, 5.41) is 13.3. The van der Waals surface area contributed by atoms with Gasteiger partial charge in [0.1, 0.15) is 5.82 Å². The molecule has 4 heterocycles. The van der Waals surface area contributed by atoms with Crippen LogP contribution in [0.1, 0.15) is 38.9 Å². The van der Waals surface area contributed by atoms with E-state index in [9.17, 15) is 4.79 Å². The monoisotopic (exact) mass is 385 g/mol. The minimum Gasteiger partial charge on any atom is -0.355 e. The highest BCUT2D eigenvalue weighted by atomic mass is 16.2. The summed E-state index contributed by atoms with van der Waals surface area (Å²) in [5.41, 5.74) is 0.744. The molecule has 1 amide bonds. The number of rotatable bonds is 5. The molecule has 0 unspecified atom stereocenters. The van der Waals surface area contributed by atoms with Crippen LogP contribution in [0.25, 0.3) is 5.65 Å². The Morgan fingerprint density at radius 1 is 1.07 bits per heavy atom. The number of likely N-dealkylation sites (N-methyl/N-ethyl adjacent to an activating group) is 1. The quantitative estimate of drug-likeness (QED) is 0.776. The SMILES string of the molecule is CCN1CCN(C(=O)CCc2nnc3ccc(N4CCC(C)CC4)nn23)CC1. The second-order valence-corrected chi connectivity index (χ2v) is 8.06. The van der Waals surface area contributed by atoms with E-state index >= 15 is 0 Å². The molecule has 2 aliphatic heterocycles. The van der Waals surface area contributed by atoms with E-state index in [1.165, 1.54) is 12.8 Å². The molecule has 2 saturated heterocycles. The Balaban J connectivity index is 1.40. The Morgan fingerprint density at radius 2 is 1.82 bits per heavy atom. The van der Waals surface area contributed by atoms with Crippen LogP contribution in [0.2, 0.25) is 0 Å². The van der Waals surface area contributed by atoms with Gasteiger partial charge in [0, 0.05) is 52.1 Å². The van der Waals surface area contributed by atoms with Gasteiger partial charge in [0.05, 0.1) is 0 Å². The molecule has 4 rings (SSSR count). The lowest BCUT2D eigenvalue weighted by Crippen LogP contribution is -2.48. The van der Waals surface area contributed by atoms with Crippen molar-refractivity contribution in [1.82, 2.24) is 29.6 Å². The van der Waals surface area contributed by atoms with Crippen LogP contribution in [0.3, 0.4) is 0 Å². The molecular formula is C20H31N7O. The molecule has 2 aromatic rings. The summed E-state index contributed by atoms with van der Waals surface area (Å²) >= 11 is 0. The summed E-state index contributed by atoms with van der Waals surface area (Å²) in [5.74, 6) is 2.73. The van der Waals surface area contributed by atoms with Crippen LogP contribution in [0, 0.1) is 5.92 Å². The summed E-state index contributed by atoms with van der Waals surface area (Å²) in [6, 6.07) is 4.00. The Morgan fingerprint density at radius 3 is 2.54 bits per heavy atom. The maximum Gasteiger partial charge on any atom is 0.223 e. The van der Waals surface area contributed by atoms with Crippen LogP contribution in [-0.2, 0) is 11.2 Å². The van der Waals surface area contributed by atoms with Gasteiger partial charge in [0.2, 0.25) is 5.91 Å². The van der Waals surface area contributed by atoms with Gasteiger partial charge in [-0.1, -0.05) is 13.8 Å². The first kappa shape index (κ1) is 19.1. The van der Waals surface area contributed by atoms with E-state index in [1.54, 1.807) is 0 Å². The zero-order valence-corrected chi connectivity index (χ0v) is 17.0. The van der Waals surface area contributed by atoms with Crippen LogP contribution in [0.5, 0.6) is 0 Å². The molecule has 0 spiro atoms. The first-order valence-electron chi connectivity index (χ1n) is 10.6. The fourth-order valence-electron chi connectivity index (χ4n) is 4.08. The molecule has 0 aromatic carbocycles. The van der Waals surface area contributed by atoms with E-state index in [-0.39, 0.29) is 5.91 Å². The summed E-state index contributed by atoms with van der Waals surface area (Å²) in [7, 11) is 0. The van der Waals surface area contributed by atoms with Crippen LogP contribution < -0.4 is 4.90 Å². The Hall–Kier alpha value is -2.22. The lowest BCUT2D eigenvalue weighted by atomic mass is 9.99. The van der Waals surface area contributed by atoms with Crippen LogP contribution in [0.4, 0.5) is 5.82 Å². The molecule has 0 aliphatic carbocycles. The van der Waals surface area contributed by atoms with E-state index in [0.717, 1.165) is 69.0 Å². The van der Waals surface area contributed by atoms with Gasteiger partial charge in [-0.3, -0.25) is 4.79 Å². The molecule has 0 N–H and O–H groups in total. The molecule has 0 radical (unpaired) electrons. The lowest BCUT2D eigenvalue weighted by molar-refractivity contribution is -0.132. The van der Waals surface area contributed by atoms with Gasteiger partial charge in [0.25, 0.3) is 0 Å². The summed E-state index contributed by atoms with van der Waals surface area (Å²) < 4.78 is 1.82. The fourth-order valence-corrected chi connectivity index (χ4v) is 4.08. The fraction of sp³-hybridized carbons (Fsp3) is 0.700. The number of anilines is 1. The van der Waals surface area contributed by atoms with Crippen LogP contribution in [0.15, 0.2) is 12.1 Å². The number of piperidine rings is 1. The standard InChI is InChI=1S/C20H31N7O/c1-3-24-12-14-26(15-13-24)20(28)7-6-18-22-21-17-4-5-19(23-27(17)18)25-10-8-16(2)9-11-25/h4-5,16H,3,6-15H2,1-2H3.